The van der Waals surface area contributed by atoms with Crippen molar-refractivity contribution in [2.24, 2.45) is 5.92 Å². The minimum atomic E-state index is 0. The number of aromatic nitrogens is 1. The molecule has 0 radical (unpaired) electrons. The maximum atomic E-state index is 2.37. The van der Waals surface area contributed by atoms with Crippen molar-refractivity contribution in [3.8, 4) is 0 Å². The van der Waals surface area contributed by atoms with Gasteiger partial charge in [0.05, 0.1) is 0 Å². The zero-order chi connectivity index (χ0) is 15.9. The zero-order valence-electron chi connectivity index (χ0n) is 15.5. The Hall–Kier alpha value is -0.370. The molecule has 0 aromatic carbocycles. The highest BCUT2D eigenvalue weighted by atomic mass is 79.9. The van der Waals surface area contributed by atoms with Gasteiger partial charge in [0.1, 0.15) is 6.54 Å². The quantitative estimate of drug-likeness (QED) is 0.342. The first-order valence-electron chi connectivity index (χ1n) is 9.80. The summed E-state index contributed by atoms with van der Waals surface area (Å²) in [5.41, 5.74) is 0. The van der Waals surface area contributed by atoms with E-state index < -0.39 is 0 Å². The molecule has 0 saturated carbocycles. The SMILES string of the molecule is CCCCCCCCCCC(CC)CCC[n+]1ccccc1.[Br-]. The second kappa shape index (κ2) is 16.5. The van der Waals surface area contributed by atoms with E-state index in [1.165, 1.54) is 83.6 Å². The van der Waals surface area contributed by atoms with Crippen molar-refractivity contribution in [2.75, 3.05) is 0 Å². The summed E-state index contributed by atoms with van der Waals surface area (Å²) in [6, 6.07) is 6.34. The number of pyridine rings is 1. The third-order valence-electron chi connectivity index (χ3n) is 4.85. The molecule has 1 heterocycles. The molecule has 1 aromatic rings. The molecule has 1 nitrogen and oxygen atoms in total. The Morgan fingerprint density at radius 2 is 1.26 bits per heavy atom. The molecular weight excluding hydrogens is 346 g/mol. The minimum absolute atomic E-state index is 0. The molecule has 0 aliphatic heterocycles. The first-order valence-corrected chi connectivity index (χ1v) is 9.80. The first kappa shape index (κ1) is 22.6. The summed E-state index contributed by atoms with van der Waals surface area (Å²) in [5.74, 6) is 0.949. The van der Waals surface area contributed by atoms with Crippen LogP contribution in [0.1, 0.15) is 90.9 Å². The van der Waals surface area contributed by atoms with Crippen molar-refractivity contribution in [1.29, 1.82) is 0 Å². The van der Waals surface area contributed by atoms with Gasteiger partial charge in [0.25, 0.3) is 0 Å². The van der Waals surface area contributed by atoms with Gasteiger partial charge in [0, 0.05) is 18.6 Å². The molecule has 0 amide bonds. The summed E-state index contributed by atoms with van der Waals surface area (Å²) in [7, 11) is 0. The van der Waals surface area contributed by atoms with Gasteiger partial charge in [-0.3, -0.25) is 0 Å². The molecule has 1 aromatic heterocycles. The lowest BCUT2D eigenvalue weighted by Crippen LogP contribution is -3.00. The van der Waals surface area contributed by atoms with Crippen LogP contribution < -0.4 is 21.5 Å². The molecule has 1 unspecified atom stereocenters. The second-order valence-corrected chi connectivity index (χ2v) is 6.79. The van der Waals surface area contributed by atoms with E-state index >= 15 is 0 Å². The van der Waals surface area contributed by atoms with Gasteiger partial charge in [-0.2, -0.15) is 0 Å². The normalized spacial score (nSPS) is 11.9. The van der Waals surface area contributed by atoms with Crippen LogP contribution in [0.4, 0.5) is 0 Å². The van der Waals surface area contributed by atoms with Crippen LogP contribution >= 0.6 is 0 Å². The number of hydrogen-bond donors (Lipinski definition) is 0. The predicted molar refractivity (Wildman–Crippen MR) is 96.9 cm³/mol. The monoisotopic (exact) mass is 383 g/mol. The average molecular weight is 384 g/mol. The van der Waals surface area contributed by atoms with Crippen LogP contribution in [-0.4, -0.2) is 0 Å². The molecule has 0 bridgehead atoms. The van der Waals surface area contributed by atoms with Crippen molar-refractivity contribution in [3.63, 3.8) is 0 Å². The maximum Gasteiger partial charge on any atom is 0.168 e. The van der Waals surface area contributed by atoms with Crippen LogP contribution in [0.25, 0.3) is 0 Å². The Bertz CT molecular complexity index is 339. The highest BCUT2D eigenvalue weighted by molar-refractivity contribution is 4.83. The van der Waals surface area contributed by atoms with Gasteiger partial charge >= 0.3 is 0 Å². The largest absolute Gasteiger partial charge is 1.00 e. The minimum Gasteiger partial charge on any atom is -1.00 e. The summed E-state index contributed by atoms with van der Waals surface area (Å²) < 4.78 is 2.31. The Labute approximate surface area is 155 Å². The van der Waals surface area contributed by atoms with Crippen LogP contribution in [0.15, 0.2) is 30.6 Å². The number of rotatable bonds is 14. The van der Waals surface area contributed by atoms with Gasteiger partial charge in [-0.05, 0) is 12.3 Å². The third-order valence-corrected chi connectivity index (χ3v) is 4.85. The van der Waals surface area contributed by atoms with Crippen molar-refractivity contribution < 1.29 is 21.5 Å². The highest BCUT2D eigenvalue weighted by Gasteiger charge is 2.07. The number of aryl methyl sites for hydroxylation is 1. The second-order valence-electron chi connectivity index (χ2n) is 6.79. The fourth-order valence-electron chi connectivity index (χ4n) is 3.27. The fraction of sp³-hybridized carbons (Fsp3) is 0.762. The highest BCUT2D eigenvalue weighted by Crippen LogP contribution is 2.20. The molecule has 134 valence electrons. The first-order chi connectivity index (χ1) is 10.9. The lowest BCUT2D eigenvalue weighted by atomic mass is 9.93. The van der Waals surface area contributed by atoms with Crippen molar-refractivity contribution in [3.05, 3.63) is 30.6 Å². The van der Waals surface area contributed by atoms with Gasteiger partial charge in [0.15, 0.2) is 12.4 Å². The molecule has 1 atom stereocenters. The molecule has 0 saturated heterocycles. The average Bonchev–Trinajstić information content (AvgIpc) is 2.56. The maximum absolute atomic E-state index is 2.37. The van der Waals surface area contributed by atoms with Crippen LogP contribution in [0.5, 0.6) is 0 Å². The van der Waals surface area contributed by atoms with E-state index in [2.05, 4.69) is 49.0 Å². The van der Waals surface area contributed by atoms with E-state index in [0.717, 1.165) is 5.92 Å². The Balaban J connectivity index is 0.00000484. The summed E-state index contributed by atoms with van der Waals surface area (Å²) in [6.45, 7) is 5.83. The van der Waals surface area contributed by atoms with E-state index in [9.17, 15) is 0 Å². The summed E-state index contributed by atoms with van der Waals surface area (Å²) in [6.07, 6.45) is 21.4. The third kappa shape index (κ3) is 12.7. The van der Waals surface area contributed by atoms with Crippen LogP contribution in [0.2, 0.25) is 0 Å². The lowest BCUT2D eigenvalue weighted by Gasteiger charge is -2.13. The van der Waals surface area contributed by atoms with Crippen LogP contribution in [0.3, 0.4) is 0 Å². The van der Waals surface area contributed by atoms with E-state index in [0.29, 0.717) is 0 Å². The van der Waals surface area contributed by atoms with E-state index in [1.807, 2.05) is 0 Å². The Morgan fingerprint density at radius 3 is 1.87 bits per heavy atom. The van der Waals surface area contributed by atoms with Crippen molar-refractivity contribution >= 4 is 0 Å². The summed E-state index contributed by atoms with van der Waals surface area (Å²) in [5, 5.41) is 0. The molecule has 1 rings (SSSR count). The van der Waals surface area contributed by atoms with E-state index in [-0.39, 0.29) is 17.0 Å². The zero-order valence-corrected chi connectivity index (χ0v) is 17.1. The van der Waals surface area contributed by atoms with Crippen molar-refractivity contribution in [1.82, 2.24) is 0 Å². The Kier molecular flexibility index (Phi) is 16.2. The van der Waals surface area contributed by atoms with Gasteiger partial charge in [-0.1, -0.05) is 84.1 Å². The van der Waals surface area contributed by atoms with Gasteiger partial charge in [-0.15, -0.1) is 0 Å². The predicted octanol–water partition coefficient (Wildman–Crippen LogP) is 3.32. The molecule has 0 aliphatic rings. The van der Waals surface area contributed by atoms with Crippen molar-refractivity contribution in [2.45, 2.75) is 97.4 Å². The van der Waals surface area contributed by atoms with Crippen LogP contribution in [-0.2, 0) is 6.54 Å². The van der Waals surface area contributed by atoms with E-state index in [4.69, 9.17) is 0 Å². The number of nitrogens with zero attached hydrogens (tertiary/aromatic N) is 1. The lowest BCUT2D eigenvalue weighted by molar-refractivity contribution is -0.697. The van der Waals surface area contributed by atoms with E-state index in [1.54, 1.807) is 0 Å². The summed E-state index contributed by atoms with van der Waals surface area (Å²) >= 11 is 0. The molecule has 23 heavy (non-hydrogen) atoms. The number of unbranched alkanes of at least 4 members (excludes halogenated alkanes) is 7. The van der Waals surface area contributed by atoms with Gasteiger partial charge in [-0.25, -0.2) is 4.57 Å². The molecule has 2 heteroatoms. The number of hydrogen-bond acceptors (Lipinski definition) is 0. The fourth-order valence-corrected chi connectivity index (χ4v) is 3.27. The standard InChI is InChI=1S/C21H38N.BrH/c1-3-5-6-7-8-9-10-12-16-21(4-2)17-15-20-22-18-13-11-14-19-22;/h11,13-14,18-19,21H,3-10,12,15-17,20H2,1-2H3;1H/q+1;/p-1. The molecule has 0 aliphatic carbocycles. The molecule has 0 spiro atoms. The molecular formula is C21H38BrN. The molecule has 0 N–H and O–H groups in total. The van der Waals surface area contributed by atoms with Gasteiger partial charge < -0.3 is 17.0 Å². The smallest absolute Gasteiger partial charge is 0.168 e. The van der Waals surface area contributed by atoms with Crippen LogP contribution in [0, 0.1) is 5.92 Å². The Morgan fingerprint density at radius 1 is 0.696 bits per heavy atom. The molecule has 0 fully saturated rings. The topological polar surface area (TPSA) is 3.88 Å². The summed E-state index contributed by atoms with van der Waals surface area (Å²) in [4.78, 5) is 0. The van der Waals surface area contributed by atoms with Gasteiger partial charge in [0.2, 0.25) is 0 Å². The number of halogens is 1.